The molecule has 8 nitrogen and oxygen atoms in total. The average Bonchev–Trinajstić information content (AvgIpc) is 2.64. The molecule has 15 heteroatoms. The van der Waals surface area contributed by atoms with Gasteiger partial charge in [-0.25, -0.2) is 9.59 Å². The van der Waals surface area contributed by atoms with E-state index in [1.165, 1.54) is 0 Å². The molecule has 0 spiro atoms. The normalized spacial score (nSPS) is 13.8. The third-order valence-electron chi connectivity index (χ3n) is 5.40. The molecule has 0 fully saturated rings. The standard InChI is InChI=1S/C25H57O8Si7/c1-22(2)24(26)28-18-34(5)30-36(8,9)20-38(12,13)32-40(16,17)33-39(14,15)21-37(10,11)31-35(6,7)19-29-25(27)23(3)4/h1,3,18-21H2,2,4-17H3. The van der Waals surface area contributed by atoms with E-state index in [0.717, 1.165) is 11.3 Å². The highest BCUT2D eigenvalue weighted by Gasteiger charge is 2.46. The number of carbonyl (C=O) groups is 2. The summed E-state index contributed by atoms with van der Waals surface area (Å²) in [5.74, 6) is -0.728. The Hall–Kier alpha value is -0.222. The Labute approximate surface area is 252 Å². The molecular formula is C25H57O8Si7. The number of rotatable bonds is 18. The fourth-order valence-electron chi connectivity index (χ4n) is 5.48. The van der Waals surface area contributed by atoms with Gasteiger partial charge in [-0.3, -0.25) is 0 Å². The lowest BCUT2D eigenvalue weighted by Gasteiger charge is -2.43. The highest BCUT2D eigenvalue weighted by Crippen LogP contribution is 2.31. The van der Waals surface area contributed by atoms with Crippen molar-refractivity contribution < 1.29 is 35.5 Å². The summed E-state index contributed by atoms with van der Waals surface area (Å²) in [6.07, 6.45) is 0.635. The summed E-state index contributed by atoms with van der Waals surface area (Å²) >= 11 is 0. The van der Waals surface area contributed by atoms with Crippen molar-refractivity contribution in [2.45, 2.75) is 110 Å². The summed E-state index contributed by atoms with van der Waals surface area (Å²) in [4.78, 5) is 23.6. The second kappa shape index (κ2) is 15.0. The molecule has 0 bridgehead atoms. The summed E-state index contributed by atoms with van der Waals surface area (Å²) in [5, 5.41) is 0. The molecular weight excluding hydrogens is 625 g/mol. The summed E-state index contributed by atoms with van der Waals surface area (Å²) in [5.41, 5.74) is 2.67. The van der Waals surface area contributed by atoms with Gasteiger partial charge < -0.3 is 25.9 Å². The predicted molar refractivity (Wildman–Crippen MR) is 182 cm³/mol. The molecule has 0 heterocycles. The van der Waals surface area contributed by atoms with Crippen LogP contribution in [0.3, 0.4) is 0 Å². The summed E-state index contributed by atoms with van der Waals surface area (Å²) in [6.45, 7) is 39.1. The van der Waals surface area contributed by atoms with Crippen molar-refractivity contribution >= 4 is 71.1 Å². The van der Waals surface area contributed by atoms with E-state index in [4.69, 9.17) is 25.9 Å². The molecule has 0 aliphatic heterocycles. The number of ether oxygens (including phenoxy) is 2. The molecule has 0 rings (SSSR count). The maximum absolute atomic E-state index is 11.9. The van der Waals surface area contributed by atoms with Gasteiger partial charge in [0.1, 0.15) is 12.5 Å². The summed E-state index contributed by atoms with van der Waals surface area (Å²) in [6, 6.07) is 0. The molecule has 0 aliphatic carbocycles. The molecule has 233 valence electrons. The van der Waals surface area contributed by atoms with Crippen LogP contribution in [0.15, 0.2) is 24.3 Å². The van der Waals surface area contributed by atoms with Crippen LogP contribution < -0.4 is 0 Å². The van der Waals surface area contributed by atoms with Crippen molar-refractivity contribution in [3.05, 3.63) is 24.3 Å². The van der Waals surface area contributed by atoms with E-state index >= 15 is 0 Å². The third kappa shape index (κ3) is 17.7. The van der Waals surface area contributed by atoms with Crippen LogP contribution in [0.25, 0.3) is 0 Å². The highest BCUT2D eigenvalue weighted by atomic mass is 28.5. The van der Waals surface area contributed by atoms with E-state index in [2.05, 4.69) is 91.7 Å². The molecule has 0 aromatic heterocycles. The maximum Gasteiger partial charge on any atom is 0.332 e. The van der Waals surface area contributed by atoms with Crippen molar-refractivity contribution in [3.63, 3.8) is 0 Å². The van der Waals surface area contributed by atoms with Gasteiger partial charge in [-0.1, -0.05) is 13.2 Å². The van der Waals surface area contributed by atoms with E-state index in [0.29, 0.717) is 23.6 Å². The van der Waals surface area contributed by atoms with Crippen LogP contribution in [0.5, 0.6) is 0 Å². The number of esters is 2. The van der Waals surface area contributed by atoms with Gasteiger partial charge in [0.25, 0.3) is 0 Å². The topological polar surface area (TPSA) is 89.5 Å². The predicted octanol–water partition coefficient (Wildman–Crippen LogP) is 6.80. The van der Waals surface area contributed by atoms with Crippen molar-refractivity contribution in [2.24, 2.45) is 0 Å². The quantitative estimate of drug-likeness (QED) is 0.0887. The second-order valence-corrected chi connectivity index (χ2v) is 42.8. The van der Waals surface area contributed by atoms with Crippen LogP contribution in [-0.2, 0) is 35.5 Å². The van der Waals surface area contributed by atoms with E-state index in [-0.39, 0.29) is 11.9 Å². The first-order valence-corrected chi connectivity index (χ1v) is 34.4. The zero-order valence-corrected chi connectivity index (χ0v) is 35.0. The second-order valence-electron chi connectivity index (χ2n) is 14.4. The Bertz CT molecular complexity index is 917. The zero-order chi connectivity index (χ0) is 32.0. The van der Waals surface area contributed by atoms with E-state index < -0.39 is 59.2 Å². The molecule has 0 aromatic carbocycles. The lowest BCUT2D eigenvalue weighted by atomic mass is 10.4. The van der Waals surface area contributed by atoms with Crippen LogP contribution in [0.4, 0.5) is 0 Å². The van der Waals surface area contributed by atoms with E-state index in [9.17, 15) is 9.59 Å². The van der Waals surface area contributed by atoms with Gasteiger partial charge in [-0.05, 0) is 110 Å². The van der Waals surface area contributed by atoms with Gasteiger partial charge in [0.2, 0.25) is 17.4 Å². The molecule has 1 radical (unpaired) electrons. The van der Waals surface area contributed by atoms with E-state index in [1.54, 1.807) is 13.8 Å². The number of hydrogen-bond donors (Lipinski definition) is 0. The van der Waals surface area contributed by atoms with Gasteiger partial charge in [0, 0.05) is 11.1 Å². The minimum atomic E-state index is -2.44. The Morgan fingerprint density at radius 3 is 1.40 bits per heavy atom. The van der Waals surface area contributed by atoms with Gasteiger partial charge in [-0.15, -0.1) is 0 Å². The highest BCUT2D eigenvalue weighted by molar-refractivity contribution is 6.98. The largest absolute Gasteiger partial charge is 0.463 e. The van der Waals surface area contributed by atoms with Crippen molar-refractivity contribution in [3.8, 4) is 0 Å². The Morgan fingerprint density at radius 2 is 0.975 bits per heavy atom. The Balaban J connectivity index is 5.19. The average molecular weight is 682 g/mol. The van der Waals surface area contributed by atoms with Crippen LogP contribution in [0.2, 0.25) is 96.4 Å². The first kappa shape index (κ1) is 39.8. The lowest BCUT2D eigenvalue weighted by molar-refractivity contribution is -0.138. The monoisotopic (exact) mass is 681 g/mol. The van der Waals surface area contributed by atoms with Gasteiger partial charge in [0.05, 0.1) is 0 Å². The van der Waals surface area contributed by atoms with Crippen LogP contribution in [-0.4, -0.2) is 83.6 Å². The van der Waals surface area contributed by atoms with Crippen LogP contribution in [0, 0.1) is 0 Å². The van der Waals surface area contributed by atoms with Gasteiger partial charge >= 0.3 is 20.5 Å². The lowest BCUT2D eigenvalue weighted by Crippen LogP contribution is -2.58. The third-order valence-corrected chi connectivity index (χ3v) is 36.8. The summed E-state index contributed by atoms with van der Waals surface area (Å²) < 4.78 is 37.8. The molecule has 0 saturated heterocycles. The SMILES string of the molecule is C=C(C)C(=O)OC[Si](C)O[Si](C)(C)C[Si](C)(C)O[Si](C)(C)O[Si](C)(C)C[Si](C)(C)O[Si](C)(C)COC(=O)C(=C)C. The molecule has 0 saturated carbocycles. The zero-order valence-electron chi connectivity index (χ0n) is 28.0. The Kier molecular flexibility index (Phi) is 14.9. The minimum Gasteiger partial charge on any atom is -0.463 e. The molecule has 0 unspecified atom stereocenters. The molecule has 0 aromatic rings. The minimum absolute atomic E-state index is 0.316. The first-order chi connectivity index (χ1) is 17.6. The van der Waals surface area contributed by atoms with Gasteiger partial charge in [-0.2, -0.15) is 0 Å². The first-order valence-electron chi connectivity index (χ1n) is 13.9. The molecule has 40 heavy (non-hydrogen) atoms. The number of hydrogen-bond acceptors (Lipinski definition) is 8. The van der Waals surface area contributed by atoms with Crippen LogP contribution >= 0.6 is 0 Å². The molecule has 0 N–H and O–H groups in total. The van der Waals surface area contributed by atoms with E-state index in [1.807, 2.05) is 6.55 Å². The molecule has 0 amide bonds. The van der Waals surface area contributed by atoms with Crippen molar-refractivity contribution in [1.82, 2.24) is 0 Å². The van der Waals surface area contributed by atoms with Gasteiger partial charge in [0.15, 0.2) is 33.3 Å². The van der Waals surface area contributed by atoms with Crippen molar-refractivity contribution in [2.75, 3.05) is 12.5 Å². The Morgan fingerprint density at radius 1 is 0.600 bits per heavy atom. The smallest absolute Gasteiger partial charge is 0.332 e. The maximum atomic E-state index is 11.9. The summed E-state index contributed by atoms with van der Waals surface area (Å²) in [7, 11) is -14.3. The molecule has 0 atom stereocenters. The fourth-order valence-corrected chi connectivity index (χ4v) is 47.9. The number of carbonyl (C=O) groups excluding carboxylic acids is 2. The fraction of sp³-hybridized carbons (Fsp3) is 0.760. The molecule has 0 aliphatic rings. The van der Waals surface area contributed by atoms with Crippen LogP contribution in [0.1, 0.15) is 13.8 Å². The van der Waals surface area contributed by atoms with Crippen molar-refractivity contribution in [1.29, 1.82) is 0 Å².